The Bertz CT molecular complexity index is 814. The predicted molar refractivity (Wildman–Crippen MR) is 117 cm³/mol. The van der Waals surface area contributed by atoms with Gasteiger partial charge in [0, 0.05) is 30.0 Å². The molecule has 29 heavy (non-hydrogen) atoms. The Hall–Kier alpha value is -1.71. The Labute approximate surface area is 175 Å². The second kappa shape index (κ2) is 8.20. The number of nitrogens with zero attached hydrogens (tertiary/aromatic N) is 1. The highest BCUT2D eigenvalue weighted by Gasteiger charge is 2.48. The fraction of sp³-hybridized carbons (Fsp3) is 0.577. The maximum atomic E-state index is 6.40. The molecular formula is C26H34N2O. The van der Waals surface area contributed by atoms with E-state index in [1.807, 2.05) is 12.3 Å². The second-order valence-electron chi connectivity index (χ2n) is 9.51. The van der Waals surface area contributed by atoms with Gasteiger partial charge in [-0.3, -0.25) is 4.98 Å². The number of nitrogens with one attached hydrogen (secondary N) is 1. The van der Waals surface area contributed by atoms with Gasteiger partial charge in [-0.2, -0.15) is 0 Å². The van der Waals surface area contributed by atoms with Crippen molar-refractivity contribution in [2.45, 2.75) is 81.3 Å². The van der Waals surface area contributed by atoms with Crippen molar-refractivity contribution in [2.75, 3.05) is 13.2 Å². The molecule has 0 bridgehead atoms. The van der Waals surface area contributed by atoms with E-state index < -0.39 is 0 Å². The average molecular weight is 391 g/mol. The molecule has 1 unspecified atom stereocenters. The highest BCUT2D eigenvalue weighted by Crippen LogP contribution is 2.49. The summed E-state index contributed by atoms with van der Waals surface area (Å²) in [5.41, 5.74) is 4.58. The zero-order valence-corrected chi connectivity index (χ0v) is 17.5. The summed E-state index contributed by atoms with van der Waals surface area (Å²) in [6, 6.07) is 16.0. The number of hydrogen-bond acceptors (Lipinski definition) is 3. The fourth-order valence-corrected chi connectivity index (χ4v) is 6.25. The van der Waals surface area contributed by atoms with Gasteiger partial charge in [-0.05, 0) is 81.2 Å². The summed E-state index contributed by atoms with van der Waals surface area (Å²) in [5.74, 6) is 0. The number of benzene rings is 1. The zero-order valence-electron chi connectivity index (χ0n) is 17.5. The number of rotatable bonds is 5. The normalized spacial score (nSPS) is 28.3. The van der Waals surface area contributed by atoms with Crippen molar-refractivity contribution in [3.8, 4) is 0 Å². The van der Waals surface area contributed by atoms with Gasteiger partial charge in [-0.1, -0.05) is 43.2 Å². The Balaban J connectivity index is 1.34. The summed E-state index contributed by atoms with van der Waals surface area (Å²) in [6.07, 6.45) is 14.2. The molecule has 1 spiro atoms. The monoisotopic (exact) mass is 390 g/mol. The molecule has 3 nitrogen and oxygen atoms in total. The minimum absolute atomic E-state index is 0.104. The van der Waals surface area contributed by atoms with E-state index in [0.29, 0.717) is 6.04 Å². The molecule has 5 rings (SSSR count). The average Bonchev–Trinajstić information content (AvgIpc) is 3.22. The summed E-state index contributed by atoms with van der Waals surface area (Å²) in [5, 5.41) is 3.93. The predicted octanol–water partition coefficient (Wildman–Crippen LogP) is 5.50. The van der Waals surface area contributed by atoms with Crippen LogP contribution in [0.3, 0.4) is 0 Å². The van der Waals surface area contributed by atoms with Gasteiger partial charge in [0.05, 0.1) is 5.60 Å². The second-order valence-corrected chi connectivity index (χ2v) is 9.51. The van der Waals surface area contributed by atoms with Gasteiger partial charge in [0.2, 0.25) is 0 Å². The third kappa shape index (κ3) is 3.87. The van der Waals surface area contributed by atoms with Crippen LogP contribution in [0, 0.1) is 0 Å². The van der Waals surface area contributed by atoms with Gasteiger partial charge in [0.25, 0.3) is 0 Å². The third-order valence-electron chi connectivity index (χ3n) is 7.74. The number of aryl methyl sites for hydroxylation is 1. The minimum Gasteiger partial charge on any atom is -0.375 e. The fourth-order valence-electron chi connectivity index (χ4n) is 6.25. The molecule has 3 heteroatoms. The van der Waals surface area contributed by atoms with Gasteiger partial charge in [0.15, 0.2) is 0 Å². The highest BCUT2D eigenvalue weighted by molar-refractivity contribution is 5.32. The van der Waals surface area contributed by atoms with Gasteiger partial charge in [-0.25, -0.2) is 0 Å². The Kier molecular flexibility index (Phi) is 5.45. The number of pyridine rings is 1. The van der Waals surface area contributed by atoms with Crippen molar-refractivity contribution in [3.63, 3.8) is 0 Å². The van der Waals surface area contributed by atoms with Crippen LogP contribution in [0.1, 0.15) is 80.7 Å². The molecule has 2 aromatic rings. The summed E-state index contributed by atoms with van der Waals surface area (Å²) < 4.78 is 6.40. The molecule has 3 aliphatic rings. The van der Waals surface area contributed by atoms with Gasteiger partial charge in [0.1, 0.15) is 0 Å². The Morgan fingerprint density at radius 1 is 1.00 bits per heavy atom. The first-order chi connectivity index (χ1) is 14.3. The van der Waals surface area contributed by atoms with E-state index in [4.69, 9.17) is 9.72 Å². The van der Waals surface area contributed by atoms with E-state index in [1.165, 1.54) is 61.8 Å². The van der Waals surface area contributed by atoms with Crippen LogP contribution in [0.5, 0.6) is 0 Å². The van der Waals surface area contributed by atoms with Gasteiger partial charge < -0.3 is 10.1 Å². The molecule has 2 atom stereocenters. The first-order valence-corrected chi connectivity index (χ1v) is 11.7. The van der Waals surface area contributed by atoms with Crippen LogP contribution in [0.25, 0.3) is 0 Å². The van der Waals surface area contributed by atoms with Crippen LogP contribution in [0.2, 0.25) is 0 Å². The topological polar surface area (TPSA) is 34.1 Å². The summed E-state index contributed by atoms with van der Waals surface area (Å²) >= 11 is 0. The van der Waals surface area contributed by atoms with Crippen molar-refractivity contribution in [2.24, 2.45) is 0 Å². The maximum absolute atomic E-state index is 6.40. The standard InChI is InChI=1S/C26H34N2O/c1-2-10-22-21(8-1)9-7-11-23(22)27-18-15-25(24-12-3-6-17-28-24)16-19-29-26(20-25)13-4-5-14-26/h1-3,6,8,10,12,17,23,27H,4-5,7,9,11,13-16,18-20H2/t23-,25?/m1/s1. The van der Waals surface area contributed by atoms with Crippen molar-refractivity contribution in [3.05, 3.63) is 65.5 Å². The highest BCUT2D eigenvalue weighted by atomic mass is 16.5. The lowest BCUT2D eigenvalue weighted by molar-refractivity contribution is -0.104. The van der Waals surface area contributed by atoms with Crippen molar-refractivity contribution in [1.29, 1.82) is 0 Å². The van der Waals surface area contributed by atoms with Crippen LogP contribution in [0.15, 0.2) is 48.7 Å². The Morgan fingerprint density at radius 2 is 1.86 bits per heavy atom. The third-order valence-corrected chi connectivity index (χ3v) is 7.74. The van der Waals surface area contributed by atoms with Gasteiger partial charge >= 0.3 is 0 Å². The molecule has 1 aliphatic heterocycles. The van der Waals surface area contributed by atoms with E-state index in [-0.39, 0.29) is 11.0 Å². The first kappa shape index (κ1) is 19.3. The van der Waals surface area contributed by atoms with Crippen LogP contribution >= 0.6 is 0 Å². The molecule has 154 valence electrons. The van der Waals surface area contributed by atoms with Crippen LogP contribution in [-0.4, -0.2) is 23.7 Å². The zero-order chi connectivity index (χ0) is 19.6. The molecule has 2 aliphatic carbocycles. The van der Waals surface area contributed by atoms with Crippen LogP contribution in [0.4, 0.5) is 0 Å². The van der Waals surface area contributed by atoms with E-state index >= 15 is 0 Å². The SMILES string of the molecule is c1ccc(C2(CCN[C@@H]3CCCc4ccccc43)CCOC3(CCCC3)C2)nc1. The van der Waals surface area contributed by atoms with E-state index in [1.54, 1.807) is 0 Å². The van der Waals surface area contributed by atoms with Crippen molar-refractivity contribution in [1.82, 2.24) is 10.3 Å². The van der Waals surface area contributed by atoms with Crippen LogP contribution < -0.4 is 5.32 Å². The number of aromatic nitrogens is 1. The van der Waals surface area contributed by atoms with E-state index in [2.05, 4.69) is 41.7 Å². The van der Waals surface area contributed by atoms with E-state index in [9.17, 15) is 0 Å². The molecule has 2 fully saturated rings. The van der Waals surface area contributed by atoms with E-state index in [0.717, 1.165) is 32.4 Å². The molecule has 1 saturated carbocycles. The first-order valence-electron chi connectivity index (χ1n) is 11.7. The molecule has 0 radical (unpaired) electrons. The summed E-state index contributed by atoms with van der Waals surface area (Å²) in [6.45, 7) is 1.93. The minimum atomic E-state index is 0.104. The lowest BCUT2D eigenvalue weighted by Gasteiger charge is -2.46. The number of fused-ring (bicyclic) bond motifs is 1. The molecule has 1 N–H and O–H groups in total. The van der Waals surface area contributed by atoms with Gasteiger partial charge in [-0.15, -0.1) is 0 Å². The summed E-state index contributed by atoms with van der Waals surface area (Å²) in [4.78, 5) is 4.85. The Morgan fingerprint density at radius 3 is 2.72 bits per heavy atom. The van der Waals surface area contributed by atoms with Crippen LogP contribution in [-0.2, 0) is 16.6 Å². The summed E-state index contributed by atoms with van der Waals surface area (Å²) in [7, 11) is 0. The molecule has 1 aromatic heterocycles. The largest absolute Gasteiger partial charge is 0.375 e. The quantitative estimate of drug-likeness (QED) is 0.732. The number of hydrogen-bond donors (Lipinski definition) is 1. The molecule has 2 heterocycles. The lowest BCUT2D eigenvalue weighted by Crippen LogP contribution is -2.47. The number of ether oxygens (including phenoxy) is 1. The maximum Gasteiger partial charge on any atom is 0.0691 e. The smallest absolute Gasteiger partial charge is 0.0691 e. The molecule has 1 aromatic carbocycles. The lowest BCUT2D eigenvalue weighted by atomic mass is 9.68. The molecule has 0 amide bonds. The van der Waals surface area contributed by atoms with Crippen molar-refractivity contribution < 1.29 is 4.74 Å². The molecule has 1 saturated heterocycles. The van der Waals surface area contributed by atoms with Crippen molar-refractivity contribution >= 4 is 0 Å². The molecular weight excluding hydrogens is 356 g/mol.